The molecule has 1 heterocycles. The van der Waals surface area contributed by atoms with E-state index in [2.05, 4.69) is 10.1 Å². The van der Waals surface area contributed by atoms with Crippen molar-refractivity contribution >= 4 is 0 Å². The third-order valence-corrected chi connectivity index (χ3v) is 1.71. The van der Waals surface area contributed by atoms with Crippen LogP contribution in [0.2, 0.25) is 0 Å². The highest BCUT2D eigenvalue weighted by Crippen LogP contribution is 2.20. The summed E-state index contributed by atoms with van der Waals surface area (Å²) in [6.07, 6.45) is 0. The molecule has 0 saturated heterocycles. The first-order valence-electron chi connectivity index (χ1n) is 4.02. The van der Waals surface area contributed by atoms with Crippen LogP contribution >= 0.6 is 0 Å². The van der Waals surface area contributed by atoms with E-state index in [4.69, 9.17) is 9.63 Å². The maximum Gasteiger partial charge on any atom is 0.252 e. The quantitative estimate of drug-likeness (QED) is 0.740. The first-order chi connectivity index (χ1) is 6.79. The first kappa shape index (κ1) is 8.71. The van der Waals surface area contributed by atoms with Crippen molar-refractivity contribution in [1.29, 1.82) is 0 Å². The lowest BCUT2D eigenvalue weighted by atomic mass is 10.2. The van der Waals surface area contributed by atoms with Gasteiger partial charge in [0.1, 0.15) is 12.4 Å². The Labute approximate surface area is 79.6 Å². The summed E-state index contributed by atoms with van der Waals surface area (Å²) in [5.41, 5.74) is 0.647. The van der Waals surface area contributed by atoms with Crippen molar-refractivity contribution in [3.05, 3.63) is 30.2 Å². The number of aliphatic hydroxyl groups excluding tert-OH is 1. The number of phenolic OH excluding ortho intramolecular Hbond substituents is 1. The van der Waals surface area contributed by atoms with Gasteiger partial charge in [0.25, 0.3) is 5.89 Å². The van der Waals surface area contributed by atoms with Crippen molar-refractivity contribution in [3.8, 4) is 17.1 Å². The number of hydrogen-bond donors (Lipinski definition) is 2. The molecular weight excluding hydrogens is 184 g/mol. The Hall–Kier alpha value is -1.88. The summed E-state index contributed by atoms with van der Waals surface area (Å²) < 4.78 is 4.72. The lowest BCUT2D eigenvalue weighted by Gasteiger charge is -1.94. The lowest BCUT2D eigenvalue weighted by molar-refractivity contribution is 0.222. The van der Waals surface area contributed by atoms with Crippen molar-refractivity contribution in [1.82, 2.24) is 10.1 Å². The SMILES string of the molecule is OCc1nc(-c2cccc(O)c2)no1. The van der Waals surface area contributed by atoms with Crippen molar-refractivity contribution in [2.75, 3.05) is 0 Å². The van der Waals surface area contributed by atoms with Crippen LogP contribution in [-0.4, -0.2) is 20.4 Å². The molecular formula is C9H8N2O3. The summed E-state index contributed by atoms with van der Waals surface area (Å²) in [5.74, 6) is 0.645. The zero-order chi connectivity index (χ0) is 9.97. The van der Waals surface area contributed by atoms with E-state index in [1.54, 1.807) is 18.2 Å². The van der Waals surface area contributed by atoms with Crippen LogP contribution in [0.15, 0.2) is 28.8 Å². The van der Waals surface area contributed by atoms with Gasteiger partial charge in [0.2, 0.25) is 5.82 Å². The van der Waals surface area contributed by atoms with Crippen LogP contribution < -0.4 is 0 Å². The minimum atomic E-state index is -0.286. The summed E-state index contributed by atoms with van der Waals surface area (Å²) in [4.78, 5) is 3.90. The van der Waals surface area contributed by atoms with Crippen LogP contribution in [0.4, 0.5) is 0 Å². The number of aromatic nitrogens is 2. The number of phenols is 1. The standard InChI is InChI=1S/C9H8N2O3/c12-5-8-10-9(11-14-8)6-2-1-3-7(13)4-6/h1-4,12-13H,5H2. The third-order valence-electron chi connectivity index (χ3n) is 1.71. The van der Waals surface area contributed by atoms with Crippen LogP contribution in [0.1, 0.15) is 5.89 Å². The molecule has 0 aliphatic carbocycles. The lowest BCUT2D eigenvalue weighted by Crippen LogP contribution is -1.83. The third kappa shape index (κ3) is 1.57. The molecule has 0 aliphatic heterocycles. The molecule has 0 fully saturated rings. The van der Waals surface area contributed by atoms with Gasteiger partial charge in [0.05, 0.1) is 0 Å². The number of aromatic hydroxyl groups is 1. The smallest absolute Gasteiger partial charge is 0.252 e. The molecule has 5 heteroatoms. The second kappa shape index (κ2) is 3.47. The molecule has 0 atom stereocenters. The highest BCUT2D eigenvalue weighted by molar-refractivity contribution is 5.56. The van der Waals surface area contributed by atoms with Crippen molar-refractivity contribution in [2.24, 2.45) is 0 Å². The fourth-order valence-corrected chi connectivity index (χ4v) is 1.08. The number of aliphatic hydroxyl groups is 1. The van der Waals surface area contributed by atoms with Gasteiger partial charge in [-0.1, -0.05) is 17.3 Å². The van der Waals surface area contributed by atoms with Gasteiger partial charge >= 0.3 is 0 Å². The second-order valence-corrected chi connectivity index (χ2v) is 2.72. The minimum absolute atomic E-state index is 0.137. The highest BCUT2D eigenvalue weighted by atomic mass is 16.5. The van der Waals surface area contributed by atoms with Crippen LogP contribution in [0.25, 0.3) is 11.4 Å². The van der Waals surface area contributed by atoms with E-state index < -0.39 is 0 Å². The Bertz CT molecular complexity index is 439. The Morgan fingerprint density at radius 2 is 2.21 bits per heavy atom. The molecule has 0 bridgehead atoms. The molecule has 5 nitrogen and oxygen atoms in total. The molecule has 0 radical (unpaired) electrons. The van der Waals surface area contributed by atoms with Crippen LogP contribution in [0.3, 0.4) is 0 Å². The van der Waals surface area contributed by atoms with Gasteiger partial charge < -0.3 is 14.7 Å². The molecule has 0 aliphatic rings. The van der Waals surface area contributed by atoms with Crippen LogP contribution in [0.5, 0.6) is 5.75 Å². The zero-order valence-electron chi connectivity index (χ0n) is 7.21. The van der Waals surface area contributed by atoms with Crippen LogP contribution in [0, 0.1) is 0 Å². The monoisotopic (exact) mass is 192 g/mol. The Balaban J connectivity index is 2.39. The molecule has 0 spiro atoms. The molecule has 0 amide bonds. The first-order valence-corrected chi connectivity index (χ1v) is 4.02. The summed E-state index contributed by atoms with van der Waals surface area (Å²) in [5, 5.41) is 21.6. The van der Waals surface area contributed by atoms with E-state index in [9.17, 15) is 5.11 Å². The highest BCUT2D eigenvalue weighted by Gasteiger charge is 2.07. The Morgan fingerprint density at radius 1 is 1.36 bits per heavy atom. The summed E-state index contributed by atoms with van der Waals surface area (Å²) >= 11 is 0. The van der Waals surface area contributed by atoms with E-state index in [1.807, 2.05) is 0 Å². The molecule has 2 rings (SSSR count). The van der Waals surface area contributed by atoms with Gasteiger partial charge in [-0.3, -0.25) is 0 Å². The van der Waals surface area contributed by atoms with Crippen molar-refractivity contribution in [3.63, 3.8) is 0 Å². The van der Waals surface area contributed by atoms with E-state index in [1.165, 1.54) is 6.07 Å². The maximum atomic E-state index is 9.20. The average Bonchev–Trinajstić information content (AvgIpc) is 2.66. The molecule has 2 N–H and O–H groups in total. The molecule has 2 aromatic rings. The molecule has 0 unspecified atom stereocenters. The van der Waals surface area contributed by atoms with E-state index in [-0.39, 0.29) is 18.2 Å². The zero-order valence-corrected chi connectivity index (χ0v) is 7.21. The van der Waals surface area contributed by atoms with Gasteiger partial charge in [-0.2, -0.15) is 4.98 Å². The molecule has 1 aromatic carbocycles. The van der Waals surface area contributed by atoms with Crippen molar-refractivity contribution < 1.29 is 14.7 Å². The second-order valence-electron chi connectivity index (χ2n) is 2.72. The predicted molar refractivity (Wildman–Crippen MR) is 47.3 cm³/mol. The largest absolute Gasteiger partial charge is 0.508 e. The number of rotatable bonds is 2. The molecule has 14 heavy (non-hydrogen) atoms. The van der Waals surface area contributed by atoms with Crippen molar-refractivity contribution in [2.45, 2.75) is 6.61 Å². The number of hydrogen-bond acceptors (Lipinski definition) is 5. The Kier molecular flexibility index (Phi) is 2.16. The Morgan fingerprint density at radius 3 is 2.86 bits per heavy atom. The molecule has 1 aromatic heterocycles. The van der Waals surface area contributed by atoms with Gasteiger partial charge in [0, 0.05) is 5.56 Å². The maximum absolute atomic E-state index is 9.20. The molecule has 72 valence electrons. The normalized spacial score (nSPS) is 10.4. The van der Waals surface area contributed by atoms with Gasteiger partial charge in [-0.15, -0.1) is 0 Å². The van der Waals surface area contributed by atoms with Gasteiger partial charge in [-0.25, -0.2) is 0 Å². The topological polar surface area (TPSA) is 79.4 Å². The fraction of sp³-hybridized carbons (Fsp3) is 0.111. The molecule has 0 saturated carbocycles. The number of nitrogens with zero attached hydrogens (tertiary/aromatic N) is 2. The predicted octanol–water partition coefficient (Wildman–Crippen LogP) is 0.934. The minimum Gasteiger partial charge on any atom is -0.508 e. The van der Waals surface area contributed by atoms with Gasteiger partial charge in [0.15, 0.2) is 0 Å². The van der Waals surface area contributed by atoms with E-state index in [0.29, 0.717) is 11.4 Å². The van der Waals surface area contributed by atoms with E-state index >= 15 is 0 Å². The summed E-state index contributed by atoms with van der Waals surface area (Å²) in [6.45, 7) is -0.286. The summed E-state index contributed by atoms with van der Waals surface area (Å²) in [7, 11) is 0. The van der Waals surface area contributed by atoms with Crippen LogP contribution in [-0.2, 0) is 6.61 Å². The fourth-order valence-electron chi connectivity index (χ4n) is 1.08. The summed E-state index contributed by atoms with van der Waals surface area (Å²) in [6, 6.07) is 6.49. The van der Waals surface area contributed by atoms with E-state index in [0.717, 1.165) is 0 Å². The number of benzene rings is 1. The average molecular weight is 192 g/mol. The van der Waals surface area contributed by atoms with Gasteiger partial charge in [-0.05, 0) is 12.1 Å².